The van der Waals surface area contributed by atoms with Gasteiger partial charge in [0.1, 0.15) is 0 Å². The van der Waals surface area contributed by atoms with Crippen LogP contribution >= 0.6 is 0 Å². The Hall–Kier alpha value is -1.68. The number of unbranched alkanes of at least 4 members (excludes halogenated alkanes) is 1. The third kappa shape index (κ3) is 4.91. The Kier molecular flexibility index (Phi) is 7.04. The van der Waals surface area contributed by atoms with Crippen molar-refractivity contribution in [2.75, 3.05) is 40.1 Å². The van der Waals surface area contributed by atoms with Gasteiger partial charge >= 0.3 is 0 Å². The van der Waals surface area contributed by atoms with E-state index in [1.165, 1.54) is 27.8 Å². The molecule has 0 unspecified atom stereocenters. The standard InChI is InChI=1S/C22H28O3/c1-23-13-14-25-16-15-24-12-5-4-7-18-9-6-11-21-20-10-3-2-8-19(20)17-22(18)21/h2-3,6,8-11H,4-5,7,12-17H2,1H3. The van der Waals surface area contributed by atoms with Gasteiger partial charge in [0.2, 0.25) is 0 Å². The Labute approximate surface area is 150 Å². The summed E-state index contributed by atoms with van der Waals surface area (Å²) in [7, 11) is 1.68. The Morgan fingerprint density at radius 3 is 2.40 bits per heavy atom. The van der Waals surface area contributed by atoms with Crippen molar-refractivity contribution in [2.24, 2.45) is 0 Å². The van der Waals surface area contributed by atoms with Gasteiger partial charge in [-0.1, -0.05) is 42.5 Å². The average molecular weight is 340 g/mol. The molecule has 3 rings (SSSR count). The van der Waals surface area contributed by atoms with Gasteiger partial charge in [-0.25, -0.2) is 0 Å². The molecule has 25 heavy (non-hydrogen) atoms. The van der Waals surface area contributed by atoms with E-state index < -0.39 is 0 Å². The van der Waals surface area contributed by atoms with Crippen molar-refractivity contribution in [3.8, 4) is 11.1 Å². The highest BCUT2D eigenvalue weighted by Crippen LogP contribution is 2.38. The highest BCUT2D eigenvalue weighted by atomic mass is 16.5. The van der Waals surface area contributed by atoms with Crippen molar-refractivity contribution in [3.63, 3.8) is 0 Å². The highest BCUT2D eigenvalue weighted by Gasteiger charge is 2.19. The summed E-state index contributed by atoms with van der Waals surface area (Å²) in [5.74, 6) is 0. The van der Waals surface area contributed by atoms with Crippen molar-refractivity contribution < 1.29 is 14.2 Å². The van der Waals surface area contributed by atoms with E-state index in [9.17, 15) is 0 Å². The Bertz CT molecular complexity index is 666. The molecule has 0 heterocycles. The molecule has 3 nitrogen and oxygen atoms in total. The van der Waals surface area contributed by atoms with E-state index in [0.29, 0.717) is 26.4 Å². The van der Waals surface area contributed by atoms with Crippen LogP contribution in [-0.4, -0.2) is 40.1 Å². The summed E-state index contributed by atoms with van der Waals surface area (Å²) in [5.41, 5.74) is 7.32. The number of fused-ring (bicyclic) bond motifs is 3. The van der Waals surface area contributed by atoms with Crippen LogP contribution in [0.4, 0.5) is 0 Å². The maximum absolute atomic E-state index is 5.63. The molecular formula is C22H28O3. The molecule has 0 bridgehead atoms. The van der Waals surface area contributed by atoms with Crippen LogP contribution in [0.2, 0.25) is 0 Å². The van der Waals surface area contributed by atoms with Gasteiger partial charge in [-0.15, -0.1) is 0 Å². The zero-order valence-corrected chi connectivity index (χ0v) is 15.1. The lowest BCUT2D eigenvalue weighted by atomic mass is 9.97. The maximum Gasteiger partial charge on any atom is 0.0701 e. The molecule has 0 aliphatic heterocycles. The minimum absolute atomic E-state index is 0.640. The van der Waals surface area contributed by atoms with Crippen molar-refractivity contribution >= 4 is 0 Å². The molecule has 0 saturated carbocycles. The number of rotatable bonds is 11. The van der Waals surface area contributed by atoms with E-state index in [1.54, 1.807) is 7.11 Å². The third-order valence-corrected chi connectivity index (χ3v) is 4.74. The minimum Gasteiger partial charge on any atom is -0.382 e. The second-order valence-corrected chi connectivity index (χ2v) is 6.45. The van der Waals surface area contributed by atoms with E-state index in [-0.39, 0.29) is 0 Å². The zero-order valence-electron chi connectivity index (χ0n) is 15.1. The summed E-state index contributed by atoms with van der Waals surface area (Å²) in [6.07, 6.45) is 4.47. The maximum atomic E-state index is 5.63. The van der Waals surface area contributed by atoms with Crippen LogP contribution in [0, 0.1) is 0 Å². The molecule has 0 atom stereocenters. The minimum atomic E-state index is 0.640. The van der Waals surface area contributed by atoms with Crippen molar-refractivity contribution in [3.05, 3.63) is 59.2 Å². The summed E-state index contributed by atoms with van der Waals surface area (Å²) in [6.45, 7) is 3.41. The Balaban J connectivity index is 1.38. The fourth-order valence-electron chi connectivity index (χ4n) is 3.44. The average Bonchev–Trinajstić information content (AvgIpc) is 3.03. The van der Waals surface area contributed by atoms with E-state index in [0.717, 1.165) is 32.3 Å². The lowest BCUT2D eigenvalue weighted by Gasteiger charge is -2.09. The van der Waals surface area contributed by atoms with Crippen LogP contribution in [0.5, 0.6) is 0 Å². The van der Waals surface area contributed by atoms with Crippen molar-refractivity contribution in [2.45, 2.75) is 25.7 Å². The largest absolute Gasteiger partial charge is 0.382 e. The molecule has 0 N–H and O–H groups in total. The monoisotopic (exact) mass is 340 g/mol. The van der Waals surface area contributed by atoms with Crippen molar-refractivity contribution in [1.29, 1.82) is 0 Å². The molecule has 0 radical (unpaired) electrons. The van der Waals surface area contributed by atoms with E-state index >= 15 is 0 Å². The summed E-state index contributed by atoms with van der Waals surface area (Å²) < 4.78 is 15.9. The first-order chi connectivity index (χ1) is 12.4. The van der Waals surface area contributed by atoms with E-state index in [4.69, 9.17) is 14.2 Å². The Morgan fingerprint density at radius 1 is 0.760 bits per heavy atom. The number of hydrogen-bond acceptors (Lipinski definition) is 3. The molecular weight excluding hydrogens is 312 g/mol. The summed E-state index contributed by atoms with van der Waals surface area (Å²) in [5, 5.41) is 0. The first-order valence-corrected chi connectivity index (χ1v) is 9.23. The molecule has 2 aromatic rings. The molecule has 0 fully saturated rings. The third-order valence-electron chi connectivity index (χ3n) is 4.74. The smallest absolute Gasteiger partial charge is 0.0701 e. The molecule has 0 spiro atoms. The zero-order chi connectivity index (χ0) is 17.3. The van der Waals surface area contributed by atoms with Crippen molar-refractivity contribution in [1.82, 2.24) is 0 Å². The highest BCUT2D eigenvalue weighted by molar-refractivity contribution is 5.77. The molecule has 0 amide bonds. The lowest BCUT2D eigenvalue weighted by Crippen LogP contribution is -2.09. The van der Waals surface area contributed by atoms with Crippen LogP contribution in [0.25, 0.3) is 11.1 Å². The summed E-state index contributed by atoms with van der Waals surface area (Å²) in [6, 6.07) is 15.5. The number of aryl methyl sites for hydroxylation is 1. The first-order valence-electron chi connectivity index (χ1n) is 9.23. The molecule has 0 saturated heterocycles. The quantitative estimate of drug-likeness (QED) is 0.488. The van der Waals surface area contributed by atoms with Gasteiger partial charge in [0.05, 0.1) is 26.4 Å². The second-order valence-electron chi connectivity index (χ2n) is 6.45. The predicted octanol–water partition coefficient (Wildman–Crippen LogP) is 4.26. The van der Waals surface area contributed by atoms with Crippen LogP contribution in [-0.2, 0) is 27.1 Å². The lowest BCUT2D eigenvalue weighted by molar-refractivity contribution is 0.0240. The molecule has 1 aliphatic rings. The number of methoxy groups -OCH3 is 1. The van der Waals surface area contributed by atoms with Gasteiger partial charge in [-0.2, -0.15) is 0 Å². The molecule has 134 valence electrons. The second kappa shape index (κ2) is 9.71. The van der Waals surface area contributed by atoms with Gasteiger partial charge in [-0.3, -0.25) is 0 Å². The van der Waals surface area contributed by atoms with Gasteiger partial charge in [-0.05, 0) is 53.5 Å². The summed E-state index contributed by atoms with van der Waals surface area (Å²) >= 11 is 0. The Morgan fingerprint density at radius 2 is 1.52 bits per heavy atom. The molecule has 1 aliphatic carbocycles. The van der Waals surface area contributed by atoms with Gasteiger partial charge < -0.3 is 14.2 Å². The van der Waals surface area contributed by atoms with E-state index in [1.807, 2.05) is 0 Å². The van der Waals surface area contributed by atoms with Gasteiger partial charge in [0, 0.05) is 13.7 Å². The first kappa shape index (κ1) is 18.1. The SMILES string of the molecule is COCCOCCOCCCCc1cccc2c1Cc1ccccc1-2. The normalized spacial score (nSPS) is 12.2. The fraction of sp³-hybridized carbons (Fsp3) is 0.455. The van der Waals surface area contributed by atoms with E-state index in [2.05, 4.69) is 42.5 Å². The van der Waals surface area contributed by atoms with Crippen LogP contribution in [0.3, 0.4) is 0 Å². The predicted molar refractivity (Wildman–Crippen MR) is 101 cm³/mol. The topological polar surface area (TPSA) is 27.7 Å². The fourth-order valence-corrected chi connectivity index (χ4v) is 3.44. The molecule has 2 aromatic carbocycles. The number of benzene rings is 2. The van der Waals surface area contributed by atoms with Crippen LogP contribution in [0.15, 0.2) is 42.5 Å². The molecule has 3 heteroatoms. The van der Waals surface area contributed by atoms with Gasteiger partial charge in [0.15, 0.2) is 0 Å². The number of hydrogen-bond donors (Lipinski definition) is 0. The van der Waals surface area contributed by atoms with Gasteiger partial charge in [0.25, 0.3) is 0 Å². The molecule has 0 aromatic heterocycles. The van der Waals surface area contributed by atoms with Crippen LogP contribution < -0.4 is 0 Å². The number of ether oxygens (including phenoxy) is 3. The summed E-state index contributed by atoms with van der Waals surface area (Å²) in [4.78, 5) is 0. The van der Waals surface area contributed by atoms with Crippen LogP contribution in [0.1, 0.15) is 29.5 Å².